The van der Waals surface area contributed by atoms with Crippen LogP contribution in [-0.4, -0.2) is 85.3 Å². The summed E-state index contributed by atoms with van der Waals surface area (Å²) in [5, 5.41) is 2.77. The number of hydrogen-bond acceptors (Lipinski definition) is 4. The fourth-order valence-corrected chi connectivity index (χ4v) is 3.11. The highest BCUT2D eigenvalue weighted by Crippen LogP contribution is 2.11. The summed E-state index contributed by atoms with van der Waals surface area (Å²) in [7, 11) is 1.65. The maximum atomic E-state index is 12.6. The van der Waals surface area contributed by atoms with Crippen molar-refractivity contribution in [1.82, 2.24) is 20.0 Å². The molecule has 7 nitrogen and oxygen atoms in total. The second-order valence-electron chi connectivity index (χ2n) is 7.22. The molecule has 1 saturated heterocycles. The van der Waals surface area contributed by atoms with Gasteiger partial charge in [-0.15, -0.1) is 0 Å². The lowest BCUT2D eigenvalue weighted by Gasteiger charge is -2.35. The molecule has 0 unspecified atom stereocenters. The lowest BCUT2D eigenvalue weighted by molar-refractivity contribution is -0.135. The van der Waals surface area contributed by atoms with Crippen molar-refractivity contribution in [3.63, 3.8) is 0 Å². The molecule has 1 heterocycles. The molecule has 1 aliphatic heterocycles. The molecule has 1 fully saturated rings. The van der Waals surface area contributed by atoms with Gasteiger partial charge in [0.15, 0.2) is 0 Å². The van der Waals surface area contributed by atoms with E-state index < -0.39 is 0 Å². The van der Waals surface area contributed by atoms with Crippen molar-refractivity contribution in [2.45, 2.75) is 26.7 Å². The number of likely N-dealkylation sites (N-methyl/N-ethyl adjacent to an activating group) is 1. The Kier molecular flexibility index (Phi) is 8.44. The Morgan fingerprint density at radius 2 is 1.68 bits per heavy atom. The number of benzene rings is 1. The van der Waals surface area contributed by atoms with Crippen molar-refractivity contribution in [1.29, 1.82) is 0 Å². The molecule has 1 aromatic rings. The third kappa shape index (κ3) is 6.34. The van der Waals surface area contributed by atoms with E-state index in [2.05, 4.69) is 12.2 Å². The van der Waals surface area contributed by atoms with Gasteiger partial charge >= 0.3 is 0 Å². The first-order valence-electron chi connectivity index (χ1n) is 10.1. The lowest BCUT2D eigenvalue weighted by atomic mass is 10.1. The van der Waals surface area contributed by atoms with E-state index in [0.717, 1.165) is 12.8 Å². The van der Waals surface area contributed by atoms with Crippen molar-refractivity contribution in [3.8, 4) is 0 Å². The van der Waals surface area contributed by atoms with Crippen LogP contribution in [0.15, 0.2) is 24.3 Å². The van der Waals surface area contributed by atoms with Gasteiger partial charge in [0, 0.05) is 45.3 Å². The number of nitrogens with one attached hydrogen (secondary N) is 1. The van der Waals surface area contributed by atoms with Crippen molar-refractivity contribution >= 4 is 17.7 Å². The van der Waals surface area contributed by atoms with Gasteiger partial charge in [-0.05, 0) is 30.5 Å². The number of carbonyl (C=O) groups excluding carboxylic acids is 3. The van der Waals surface area contributed by atoms with E-state index in [-0.39, 0.29) is 30.8 Å². The van der Waals surface area contributed by atoms with Crippen molar-refractivity contribution in [2.24, 2.45) is 0 Å². The SMILES string of the molecule is CCCNC(=O)CN(C)C(=O)CN1CCN(C(=O)c2ccc(CC)cc2)CC1. The van der Waals surface area contributed by atoms with E-state index in [0.29, 0.717) is 38.3 Å². The van der Waals surface area contributed by atoms with Gasteiger partial charge in [-0.1, -0.05) is 26.0 Å². The average Bonchev–Trinajstić information content (AvgIpc) is 2.72. The summed E-state index contributed by atoms with van der Waals surface area (Å²) in [6.07, 6.45) is 1.82. The first kappa shape index (κ1) is 21.9. The number of aryl methyl sites for hydroxylation is 1. The fourth-order valence-electron chi connectivity index (χ4n) is 3.11. The smallest absolute Gasteiger partial charge is 0.253 e. The monoisotopic (exact) mass is 388 g/mol. The molecule has 2 rings (SSSR count). The van der Waals surface area contributed by atoms with Gasteiger partial charge in [-0.3, -0.25) is 19.3 Å². The summed E-state index contributed by atoms with van der Waals surface area (Å²) in [4.78, 5) is 42.0. The largest absolute Gasteiger partial charge is 0.355 e. The van der Waals surface area contributed by atoms with Crippen LogP contribution in [0.4, 0.5) is 0 Å². The number of rotatable bonds is 8. The van der Waals surface area contributed by atoms with E-state index in [1.807, 2.05) is 41.0 Å². The molecule has 1 N–H and O–H groups in total. The van der Waals surface area contributed by atoms with Crippen LogP contribution in [0.25, 0.3) is 0 Å². The van der Waals surface area contributed by atoms with Gasteiger partial charge in [0.1, 0.15) is 0 Å². The first-order chi connectivity index (χ1) is 13.4. The Balaban J connectivity index is 1.77. The standard InChI is InChI=1S/C21H32N4O3/c1-4-10-22-19(26)15-23(3)20(27)16-24-11-13-25(14-12-24)21(28)18-8-6-17(5-2)7-9-18/h6-9H,4-5,10-16H2,1-3H3,(H,22,26). The Labute approximate surface area is 167 Å². The summed E-state index contributed by atoms with van der Waals surface area (Å²) in [5.74, 6) is -0.179. The van der Waals surface area contributed by atoms with Crippen LogP contribution >= 0.6 is 0 Å². The molecule has 0 aliphatic carbocycles. The van der Waals surface area contributed by atoms with Crippen molar-refractivity contribution in [2.75, 3.05) is 52.9 Å². The van der Waals surface area contributed by atoms with Gasteiger partial charge in [0.25, 0.3) is 5.91 Å². The average molecular weight is 389 g/mol. The highest BCUT2D eigenvalue weighted by Gasteiger charge is 2.24. The summed E-state index contributed by atoms with van der Waals surface area (Å²) >= 11 is 0. The first-order valence-corrected chi connectivity index (χ1v) is 10.1. The van der Waals surface area contributed by atoms with Gasteiger partial charge in [0.05, 0.1) is 13.1 Å². The van der Waals surface area contributed by atoms with E-state index in [4.69, 9.17) is 0 Å². The molecular weight excluding hydrogens is 356 g/mol. The molecule has 0 atom stereocenters. The van der Waals surface area contributed by atoms with Crippen molar-refractivity contribution < 1.29 is 14.4 Å². The quantitative estimate of drug-likeness (QED) is 0.721. The van der Waals surface area contributed by atoms with Crippen molar-refractivity contribution in [3.05, 3.63) is 35.4 Å². The molecule has 154 valence electrons. The predicted octanol–water partition coefficient (Wildman–Crippen LogP) is 0.991. The third-order valence-electron chi connectivity index (χ3n) is 5.01. The minimum absolute atomic E-state index is 0.0401. The normalized spacial score (nSPS) is 14.6. The van der Waals surface area contributed by atoms with Crippen LogP contribution in [0.2, 0.25) is 0 Å². The minimum Gasteiger partial charge on any atom is -0.355 e. The molecular formula is C21H32N4O3. The molecule has 0 radical (unpaired) electrons. The summed E-state index contributed by atoms with van der Waals surface area (Å²) in [5.41, 5.74) is 1.92. The summed E-state index contributed by atoms with van der Waals surface area (Å²) < 4.78 is 0. The maximum Gasteiger partial charge on any atom is 0.253 e. The number of amides is 3. The number of piperazine rings is 1. The molecule has 3 amide bonds. The second kappa shape index (κ2) is 10.8. The van der Waals surface area contributed by atoms with Gasteiger partial charge in [-0.2, -0.15) is 0 Å². The maximum absolute atomic E-state index is 12.6. The lowest BCUT2D eigenvalue weighted by Crippen LogP contribution is -2.51. The topological polar surface area (TPSA) is 73.0 Å². The van der Waals surface area contributed by atoms with Gasteiger partial charge < -0.3 is 15.1 Å². The van der Waals surface area contributed by atoms with E-state index in [9.17, 15) is 14.4 Å². The zero-order valence-corrected chi connectivity index (χ0v) is 17.2. The molecule has 0 spiro atoms. The van der Waals surface area contributed by atoms with Gasteiger partial charge in [-0.25, -0.2) is 0 Å². The predicted molar refractivity (Wildman–Crippen MR) is 109 cm³/mol. The zero-order chi connectivity index (χ0) is 20.5. The molecule has 0 saturated carbocycles. The van der Waals surface area contributed by atoms with Crippen LogP contribution in [-0.2, 0) is 16.0 Å². The highest BCUT2D eigenvalue weighted by molar-refractivity contribution is 5.94. The molecule has 0 aromatic heterocycles. The van der Waals surface area contributed by atoms with Crippen LogP contribution < -0.4 is 5.32 Å². The minimum atomic E-state index is -0.137. The Morgan fingerprint density at radius 1 is 1.04 bits per heavy atom. The van der Waals surface area contributed by atoms with E-state index >= 15 is 0 Å². The van der Waals surface area contributed by atoms with E-state index in [1.54, 1.807) is 7.05 Å². The third-order valence-corrected chi connectivity index (χ3v) is 5.01. The second-order valence-corrected chi connectivity index (χ2v) is 7.22. The Hall–Kier alpha value is -2.41. The Bertz CT molecular complexity index is 667. The Morgan fingerprint density at radius 3 is 2.25 bits per heavy atom. The summed E-state index contributed by atoms with van der Waals surface area (Å²) in [6.45, 7) is 7.55. The highest BCUT2D eigenvalue weighted by atomic mass is 16.2. The van der Waals surface area contributed by atoms with Crippen LogP contribution in [0.3, 0.4) is 0 Å². The van der Waals surface area contributed by atoms with Crippen LogP contribution in [0.1, 0.15) is 36.2 Å². The number of carbonyl (C=O) groups is 3. The van der Waals surface area contributed by atoms with Crippen LogP contribution in [0.5, 0.6) is 0 Å². The summed E-state index contributed by atoms with van der Waals surface area (Å²) in [6, 6.07) is 7.76. The van der Waals surface area contributed by atoms with E-state index in [1.165, 1.54) is 10.5 Å². The zero-order valence-electron chi connectivity index (χ0n) is 17.2. The fraction of sp³-hybridized carbons (Fsp3) is 0.571. The number of hydrogen-bond donors (Lipinski definition) is 1. The molecule has 1 aliphatic rings. The van der Waals surface area contributed by atoms with Crippen LogP contribution in [0, 0.1) is 0 Å². The number of nitrogens with zero attached hydrogens (tertiary/aromatic N) is 3. The molecule has 7 heteroatoms. The molecule has 1 aromatic carbocycles. The molecule has 0 bridgehead atoms. The molecule has 28 heavy (non-hydrogen) atoms. The van der Waals surface area contributed by atoms with Gasteiger partial charge in [0.2, 0.25) is 11.8 Å².